The highest BCUT2D eigenvalue weighted by Crippen LogP contribution is 2.22. The van der Waals surface area contributed by atoms with Crippen molar-refractivity contribution in [1.82, 2.24) is 10.3 Å². The molecule has 0 aliphatic carbocycles. The quantitative estimate of drug-likeness (QED) is 0.449. The number of carbonyl (C=O) groups is 1. The lowest BCUT2D eigenvalue weighted by Crippen LogP contribution is -2.25. The van der Waals surface area contributed by atoms with Crippen LogP contribution in [0.25, 0.3) is 22.4 Å². The number of hydrogen-bond donors (Lipinski definition) is 1. The molecule has 0 fully saturated rings. The van der Waals surface area contributed by atoms with E-state index in [1.54, 1.807) is 11.3 Å². The SMILES string of the molecule is Cc1nc(-c2ccc(CCNC(=O)c3ccc(-c4ccccc4)cc3)cc2)cs1. The zero-order valence-corrected chi connectivity index (χ0v) is 17.1. The molecule has 1 amide bonds. The maximum Gasteiger partial charge on any atom is 0.251 e. The Bertz CT molecular complexity index is 1080. The van der Waals surface area contributed by atoms with Gasteiger partial charge in [-0.05, 0) is 42.2 Å². The summed E-state index contributed by atoms with van der Waals surface area (Å²) in [5.41, 5.74) is 6.28. The normalized spacial score (nSPS) is 10.7. The molecule has 0 unspecified atom stereocenters. The first kappa shape index (κ1) is 19.1. The van der Waals surface area contributed by atoms with Crippen molar-refractivity contribution in [2.45, 2.75) is 13.3 Å². The van der Waals surface area contributed by atoms with Gasteiger partial charge in [0.25, 0.3) is 5.91 Å². The van der Waals surface area contributed by atoms with Gasteiger partial charge in [-0.25, -0.2) is 4.98 Å². The van der Waals surface area contributed by atoms with Crippen LogP contribution in [0.1, 0.15) is 20.9 Å². The number of carbonyl (C=O) groups excluding carboxylic acids is 1. The molecule has 0 saturated carbocycles. The number of thiazole rings is 1. The molecule has 0 aliphatic heterocycles. The van der Waals surface area contributed by atoms with Gasteiger partial charge in [0.15, 0.2) is 0 Å². The lowest BCUT2D eigenvalue weighted by atomic mass is 10.0. The number of benzene rings is 3. The van der Waals surface area contributed by atoms with Crippen LogP contribution in [0.4, 0.5) is 0 Å². The summed E-state index contributed by atoms with van der Waals surface area (Å²) in [6.07, 6.45) is 0.796. The Labute approximate surface area is 175 Å². The van der Waals surface area contributed by atoms with E-state index in [-0.39, 0.29) is 5.91 Å². The Hall–Kier alpha value is -3.24. The van der Waals surface area contributed by atoms with Crippen molar-refractivity contribution in [2.75, 3.05) is 6.54 Å². The second-order valence-electron chi connectivity index (χ2n) is 6.90. The number of nitrogens with one attached hydrogen (secondary N) is 1. The Morgan fingerprint density at radius 2 is 1.52 bits per heavy atom. The van der Waals surface area contributed by atoms with Gasteiger partial charge in [0.05, 0.1) is 10.7 Å². The fourth-order valence-electron chi connectivity index (χ4n) is 3.21. The smallest absolute Gasteiger partial charge is 0.251 e. The molecule has 0 radical (unpaired) electrons. The van der Waals surface area contributed by atoms with E-state index in [2.05, 4.69) is 52.1 Å². The predicted molar refractivity (Wildman–Crippen MR) is 120 cm³/mol. The minimum Gasteiger partial charge on any atom is -0.352 e. The average molecular weight is 399 g/mol. The first-order valence-corrected chi connectivity index (χ1v) is 10.5. The average Bonchev–Trinajstić information content (AvgIpc) is 3.21. The van der Waals surface area contributed by atoms with Crippen LogP contribution in [-0.2, 0) is 6.42 Å². The third-order valence-electron chi connectivity index (χ3n) is 4.82. The van der Waals surface area contributed by atoms with Crippen LogP contribution < -0.4 is 5.32 Å². The second kappa shape index (κ2) is 8.84. The summed E-state index contributed by atoms with van der Waals surface area (Å²) in [6.45, 7) is 2.62. The summed E-state index contributed by atoms with van der Waals surface area (Å²) in [5.74, 6) is -0.0424. The van der Waals surface area contributed by atoms with Crippen molar-refractivity contribution in [3.63, 3.8) is 0 Å². The van der Waals surface area contributed by atoms with Gasteiger partial charge in [0.1, 0.15) is 0 Å². The Morgan fingerprint density at radius 1 is 0.862 bits per heavy atom. The molecule has 4 heteroatoms. The van der Waals surface area contributed by atoms with Crippen molar-refractivity contribution in [3.05, 3.63) is 100 Å². The van der Waals surface area contributed by atoms with Crippen LogP contribution in [0.15, 0.2) is 84.2 Å². The molecule has 3 aromatic carbocycles. The molecular formula is C25H22N2OS. The summed E-state index contributed by atoms with van der Waals surface area (Å²) in [6, 6.07) is 26.3. The molecule has 1 N–H and O–H groups in total. The highest BCUT2D eigenvalue weighted by atomic mass is 32.1. The fourth-order valence-corrected chi connectivity index (χ4v) is 3.83. The highest BCUT2D eigenvalue weighted by molar-refractivity contribution is 7.09. The van der Waals surface area contributed by atoms with Gasteiger partial charge in [-0.2, -0.15) is 0 Å². The van der Waals surface area contributed by atoms with Gasteiger partial charge in [-0.3, -0.25) is 4.79 Å². The van der Waals surface area contributed by atoms with Crippen LogP contribution in [0.2, 0.25) is 0 Å². The van der Waals surface area contributed by atoms with Crippen LogP contribution >= 0.6 is 11.3 Å². The van der Waals surface area contributed by atoms with Crippen LogP contribution in [0.5, 0.6) is 0 Å². The maximum atomic E-state index is 12.4. The number of rotatable bonds is 6. The van der Waals surface area contributed by atoms with E-state index in [4.69, 9.17) is 0 Å². The summed E-state index contributed by atoms with van der Waals surface area (Å²) >= 11 is 1.66. The van der Waals surface area contributed by atoms with Gasteiger partial charge in [-0.1, -0.05) is 66.7 Å². The summed E-state index contributed by atoms with van der Waals surface area (Å²) in [4.78, 5) is 16.9. The fraction of sp³-hybridized carbons (Fsp3) is 0.120. The number of nitrogens with zero attached hydrogens (tertiary/aromatic N) is 1. The first-order chi connectivity index (χ1) is 14.2. The minimum atomic E-state index is -0.0424. The molecule has 0 aliphatic rings. The van der Waals surface area contributed by atoms with Crippen molar-refractivity contribution in [1.29, 1.82) is 0 Å². The zero-order chi connectivity index (χ0) is 20.1. The first-order valence-electron chi connectivity index (χ1n) is 9.64. The Balaban J connectivity index is 1.30. The van der Waals surface area contributed by atoms with E-state index >= 15 is 0 Å². The molecule has 0 spiro atoms. The van der Waals surface area contributed by atoms with Crippen LogP contribution in [0.3, 0.4) is 0 Å². The molecule has 3 nitrogen and oxygen atoms in total. The third-order valence-corrected chi connectivity index (χ3v) is 5.60. The molecule has 1 aromatic heterocycles. The van der Waals surface area contributed by atoms with E-state index in [0.29, 0.717) is 12.1 Å². The number of amides is 1. The zero-order valence-electron chi connectivity index (χ0n) is 16.3. The van der Waals surface area contributed by atoms with E-state index in [9.17, 15) is 4.79 Å². The summed E-state index contributed by atoms with van der Waals surface area (Å²) in [5, 5.41) is 6.16. The molecule has 29 heavy (non-hydrogen) atoms. The van der Waals surface area contributed by atoms with E-state index in [1.807, 2.05) is 49.4 Å². The number of aromatic nitrogens is 1. The van der Waals surface area contributed by atoms with Gasteiger partial charge >= 0.3 is 0 Å². The molecular weight excluding hydrogens is 376 g/mol. The van der Waals surface area contributed by atoms with Crippen LogP contribution in [-0.4, -0.2) is 17.4 Å². The van der Waals surface area contributed by atoms with Gasteiger partial charge in [0.2, 0.25) is 0 Å². The monoisotopic (exact) mass is 398 g/mol. The lowest BCUT2D eigenvalue weighted by molar-refractivity contribution is 0.0954. The summed E-state index contributed by atoms with van der Waals surface area (Å²) in [7, 11) is 0. The second-order valence-corrected chi connectivity index (χ2v) is 7.96. The standard InChI is InChI=1S/C25H22N2OS/c1-18-27-24(17-29-18)22-9-7-19(8-10-22)15-16-26-25(28)23-13-11-21(12-14-23)20-5-3-2-4-6-20/h2-14,17H,15-16H2,1H3,(H,26,28). The number of hydrogen-bond acceptors (Lipinski definition) is 3. The van der Waals surface area contributed by atoms with Crippen molar-refractivity contribution in [3.8, 4) is 22.4 Å². The predicted octanol–water partition coefficient (Wildman–Crippen LogP) is 5.76. The molecule has 144 valence electrons. The molecule has 0 saturated heterocycles. The highest BCUT2D eigenvalue weighted by Gasteiger charge is 2.06. The number of aryl methyl sites for hydroxylation is 1. The Morgan fingerprint density at radius 3 is 2.17 bits per heavy atom. The molecule has 0 atom stereocenters. The summed E-state index contributed by atoms with van der Waals surface area (Å²) < 4.78 is 0. The lowest BCUT2D eigenvalue weighted by Gasteiger charge is -2.07. The molecule has 0 bridgehead atoms. The molecule has 1 heterocycles. The maximum absolute atomic E-state index is 12.4. The van der Waals surface area contributed by atoms with Gasteiger partial charge in [-0.15, -0.1) is 11.3 Å². The van der Waals surface area contributed by atoms with Crippen molar-refractivity contribution < 1.29 is 4.79 Å². The molecule has 4 aromatic rings. The van der Waals surface area contributed by atoms with E-state index < -0.39 is 0 Å². The minimum absolute atomic E-state index is 0.0424. The van der Waals surface area contributed by atoms with Crippen molar-refractivity contribution >= 4 is 17.2 Å². The van der Waals surface area contributed by atoms with Crippen molar-refractivity contribution in [2.24, 2.45) is 0 Å². The largest absolute Gasteiger partial charge is 0.352 e. The van der Waals surface area contributed by atoms with E-state index in [1.165, 1.54) is 5.56 Å². The van der Waals surface area contributed by atoms with Crippen LogP contribution in [0, 0.1) is 6.92 Å². The topological polar surface area (TPSA) is 42.0 Å². The third kappa shape index (κ3) is 4.79. The Kier molecular flexibility index (Phi) is 5.82. The molecule has 4 rings (SSSR count). The van der Waals surface area contributed by atoms with Gasteiger partial charge in [0, 0.05) is 23.1 Å². The van der Waals surface area contributed by atoms with E-state index in [0.717, 1.165) is 33.8 Å². The van der Waals surface area contributed by atoms with Gasteiger partial charge < -0.3 is 5.32 Å².